The zero-order chi connectivity index (χ0) is 11.5. The third-order valence-corrected chi connectivity index (χ3v) is 2.30. The number of hydrogen-bond donors (Lipinski definition) is 2. The lowest BCUT2D eigenvalue weighted by atomic mass is 10.2. The zero-order valence-electron chi connectivity index (χ0n) is 8.86. The van der Waals surface area contributed by atoms with Crippen molar-refractivity contribution in [2.24, 2.45) is 0 Å². The molecule has 1 aromatic carbocycles. The fraction of sp³-hybridized carbons (Fsp3) is 0.273. The van der Waals surface area contributed by atoms with Crippen LogP contribution in [0.1, 0.15) is 16.2 Å². The van der Waals surface area contributed by atoms with Gasteiger partial charge in [0.25, 0.3) is 0 Å². The Morgan fingerprint density at radius 2 is 2.38 bits per heavy atom. The number of nitrogens with one attached hydrogen (secondary N) is 1. The molecule has 16 heavy (non-hydrogen) atoms. The molecule has 84 valence electrons. The summed E-state index contributed by atoms with van der Waals surface area (Å²) in [6.45, 7) is 0.0453. The van der Waals surface area contributed by atoms with Gasteiger partial charge in [-0.3, -0.25) is 0 Å². The fourth-order valence-electron chi connectivity index (χ4n) is 1.53. The van der Waals surface area contributed by atoms with Crippen LogP contribution in [0.5, 0.6) is 0 Å². The number of aromatic amines is 1. The van der Waals surface area contributed by atoms with Gasteiger partial charge in [-0.25, -0.2) is 9.78 Å². The van der Waals surface area contributed by atoms with Gasteiger partial charge in [0.1, 0.15) is 5.82 Å². The summed E-state index contributed by atoms with van der Waals surface area (Å²) in [6.07, 6.45) is 0.474. The summed E-state index contributed by atoms with van der Waals surface area (Å²) in [5, 5.41) is 8.79. The molecule has 1 heterocycles. The predicted octanol–water partition coefficient (Wildman–Crippen LogP) is 0.884. The van der Waals surface area contributed by atoms with Crippen LogP contribution in [-0.4, -0.2) is 34.8 Å². The van der Waals surface area contributed by atoms with Crippen molar-refractivity contribution in [3.8, 4) is 0 Å². The smallest absolute Gasteiger partial charge is 0.337 e. The first-order valence-corrected chi connectivity index (χ1v) is 4.92. The molecule has 0 atom stereocenters. The molecular weight excluding hydrogens is 208 g/mol. The molecule has 0 aliphatic rings. The van der Waals surface area contributed by atoms with Gasteiger partial charge < -0.3 is 14.8 Å². The number of H-pyrrole nitrogens is 1. The van der Waals surface area contributed by atoms with Gasteiger partial charge in [-0.05, 0) is 18.2 Å². The third-order valence-electron chi connectivity index (χ3n) is 2.30. The van der Waals surface area contributed by atoms with Gasteiger partial charge >= 0.3 is 5.97 Å². The summed E-state index contributed by atoms with van der Waals surface area (Å²) in [5.74, 6) is 0.333. The average molecular weight is 220 g/mol. The van der Waals surface area contributed by atoms with Gasteiger partial charge in [0, 0.05) is 6.42 Å². The quantitative estimate of drug-likeness (QED) is 0.753. The molecule has 0 fully saturated rings. The van der Waals surface area contributed by atoms with Crippen LogP contribution >= 0.6 is 0 Å². The van der Waals surface area contributed by atoms with E-state index < -0.39 is 0 Å². The second-order valence-corrected chi connectivity index (χ2v) is 3.38. The second kappa shape index (κ2) is 4.32. The minimum Gasteiger partial charge on any atom is -0.465 e. The number of esters is 1. The molecule has 0 saturated heterocycles. The van der Waals surface area contributed by atoms with Gasteiger partial charge in [0.15, 0.2) is 0 Å². The molecule has 1 aromatic heterocycles. The molecule has 0 aliphatic carbocycles. The van der Waals surface area contributed by atoms with Crippen molar-refractivity contribution in [1.82, 2.24) is 9.97 Å². The molecule has 0 saturated carbocycles. The summed E-state index contributed by atoms with van der Waals surface area (Å²) in [7, 11) is 1.34. The number of fused-ring (bicyclic) bond motifs is 1. The number of aliphatic hydroxyl groups is 1. The van der Waals surface area contributed by atoms with Crippen LogP contribution < -0.4 is 0 Å². The van der Waals surface area contributed by atoms with Crippen LogP contribution in [0, 0.1) is 0 Å². The highest BCUT2D eigenvalue weighted by Crippen LogP contribution is 2.14. The first-order valence-electron chi connectivity index (χ1n) is 4.92. The number of aliphatic hydroxyl groups excluding tert-OH is 1. The molecule has 0 bridgehead atoms. The molecular formula is C11H12N2O3. The zero-order valence-corrected chi connectivity index (χ0v) is 8.86. The van der Waals surface area contributed by atoms with E-state index in [1.807, 2.05) is 0 Å². The maximum absolute atomic E-state index is 11.3. The molecule has 2 aromatic rings. The lowest BCUT2D eigenvalue weighted by molar-refractivity contribution is 0.0601. The summed E-state index contributed by atoms with van der Waals surface area (Å²) < 4.78 is 4.63. The number of carbonyl (C=O) groups excluding carboxylic acids is 1. The van der Waals surface area contributed by atoms with E-state index in [-0.39, 0.29) is 12.6 Å². The van der Waals surface area contributed by atoms with E-state index >= 15 is 0 Å². The number of rotatable bonds is 3. The number of benzene rings is 1. The molecule has 0 aliphatic heterocycles. The predicted molar refractivity (Wildman–Crippen MR) is 58.2 cm³/mol. The van der Waals surface area contributed by atoms with Crippen molar-refractivity contribution in [3.63, 3.8) is 0 Å². The van der Waals surface area contributed by atoms with Crippen molar-refractivity contribution in [2.45, 2.75) is 6.42 Å². The Bertz CT molecular complexity index is 519. The van der Waals surface area contributed by atoms with E-state index in [1.165, 1.54) is 7.11 Å². The Morgan fingerprint density at radius 3 is 3.06 bits per heavy atom. The van der Waals surface area contributed by atoms with Gasteiger partial charge in [0.2, 0.25) is 0 Å². The van der Waals surface area contributed by atoms with Gasteiger partial charge in [-0.15, -0.1) is 0 Å². The normalized spacial score (nSPS) is 10.6. The van der Waals surface area contributed by atoms with E-state index in [0.29, 0.717) is 17.8 Å². The van der Waals surface area contributed by atoms with Crippen LogP contribution in [0.15, 0.2) is 18.2 Å². The van der Waals surface area contributed by atoms with E-state index in [0.717, 1.165) is 11.0 Å². The molecule has 2 rings (SSSR count). The monoisotopic (exact) mass is 220 g/mol. The lowest BCUT2D eigenvalue weighted by Crippen LogP contribution is -2.00. The molecule has 5 nitrogen and oxygen atoms in total. The van der Waals surface area contributed by atoms with Crippen molar-refractivity contribution in [2.75, 3.05) is 13.7 Å². The van der Waals surface area contributed by atoms with Crippen molar-refractivity contribution in [3.05, 3.63) is 29.6 Å². The van der Waals surface area contributed by atoms with Gasteiger partial charge in [0.05, 0.1) is 30.3 Å². The first-order chi connectivity index (χ1) is 7.74. The number of methoxy groups -OCH3 is 1. The summed E-state index contributed by atoms with van der Waals surface area (Å²) in [4.78, 5) is 18.6. The molecule has 0 radical (unpaired) electrons. The minimum atomic E-state index is -0.375. The van der Waals surface area contributed by atoms with E-state index in [4.69, 9.17) is 5.11 Å². The Kier molecular flexibility index (Phi) is 2.87. The van der Waals surface area contributed by atoms with E-state index in [2.05, 4.69) is 14.7 Å². The Labute approximate surface area is 92.1 Å². The number of hydrogen-bond acceptors (Lipinski definition) is 4. The van der Waals surface area contributed by atoms with E-state index in [1.54, 1.807) is 18.2 Å². The summed E-state index contributed by atoms with van der Waals surface area (Å²) >= 11 is 0. The molecule has 0 amide bonds. The summed E-state index contributed by atoms with van der Waals surface area (Å²) in [5.41, 5.74) is 2.02. The number of nitrogens with zero attached hydrogens (tertiary/aromatic N) is 1. The maximum Gasteiger partial charge on any atom is 0.337 e. The molecule has 5 heteroatoms. The van der Waals surface area contributed by atoms with Crippen molar-refractivity contribution >= 4 is 17.0 Å². The van der Waals surface area contributed by atoms with Crippen LogP contribution in [0.4, 0.5) is 0 Å². The number of imidazole rings is 1. The van der Waals surface area contributed by atoms with Crippen LogP contribution in [0.2, 0.25) is 0 Å². The molecule has 2 N–H and O–H groups in total. The maximum atomic E-state index is 11.3. The first kappa shape index (κ1) is 10.6. The number of ether oxygens (including phenoxy) is 1. The van der Waals surface area contributed by atoms with Gasteiger partial charge in [-0.2, -0.15) is 0 Å². The summed E-state index contributed by atoms with van der Waals surface area (Å²) in [6, 6.07) is 5.10. The average Bonchev–Trinajstić information content (AvgIpc) is 2.69. The number of carbonyl (C=O) groups is 1. The van der Waals surface area contributed by atoms with Gasteiger partial charge in [-0.1, -0.05) is 0 Å². The Hall–Kier alpha value is -1.88. The molecule has 0 spiro atoms. The highest BCUT2D eigenvalue weighted by Gasteiger charge is 2.08. The van der Waals surface area contributed by atoms with Crippen LogP contribution in [-0.2, 0) is 11.2 Å². The fourth-order valence-corrected chi connectivity index (χ4v) is 1.53. The Morgan fingerprint density at radius 1 is 1.56 bits per heavy atom. The lowest BCUT2D eigenvalue weighted by Gasteiger charge is -1.97. The van der Waals surface area contributed by atoms with Crippen molar-refractivity contribution in [1.29, 1.82) is 0 Å². The number of aromatic nitrogens is 2. The minimum absolute atomic E-state index is 0.0453. The second-order valence-electron chi connectivity index (χ2n) is 3.38. The Balaban J connectivity index is 2.41. The highest BCUT2D eigenvalue weighted by molar-refractivity contribution is 5.93. The van der Waals surface area contributed by atoms with Crippen molar-refractivity contribution < 1.29 is 14.6 Å². The largest absolute Gasteiger partial charge is 0.465 e. The standard InChI is InChI=1S/C11H12N2O3/c1-16-11(15)7-2-3-8-9(6-7)13-10(12-8)4-5-14/h2-3,6,14H,4-5H2,1H3,(H,12,13). The van der Waals surface area contributed by atoms with E-state index in [9.17, 15) is 4.79 Å². The molecule has 0 unspecified atom stereocenters. The SMILES string of the molecule is COC(=O)c1ccc2nc(CCO)[nH]c2c1. The topological polar surface area (TPSA) is 75.2 Å². The van der Waals surface area contributed by atoms with Crippen LogP contribution in [0.25, 0.3) is 11.0 Å². The third kappa shape index (κ3) is 1.90. The van der Waals surface area contributed by atoms with Crippen LogP contribution in [0.3, 0.4) is 0 Å². The highest BCUT2D eigenvalue weighted by atomic mass is 16.5.